The highest BCUT2D eigenvalue weighted by Gasteiger charge is 2.22. The molecule has 0 radical (unpaired) electrons. The molecule has 0 aromatic carbocycles. The van der Waals surface area contributed by atoms with Crippen molar-refractivity contribution in [1.29, 1.82) is 0 Å². The molecular weight excluding hydrogens is 248 g/mol. The molecule has 3 N–H and O–H groups in total. The molecule has 0 aliphatic heterocycles. The van der Waals surface area contributed by atoms with Crippen molar-refractivity contribution in [2.24, 2.45) is 0 Å². The zero-order valence-corrected chi connectivity index (χ0v) is 10.5. The van der Waals surface area contributed by atoms with Crippen LogP contribution in [0.4, 0.5) is 0 Å². The summed E-state index contributed by atoms with van der Waals surface area (Å²) in [6.45, 7) is 1.80. The van der Waals surface area contributed by atoms with Gasteiger partial charge in [0.1, 0.15) is 0 Å². The lowest BCUT2D eigenvalue weighted by Gasteiger charge is -2.19. The molecule has 1 atom stereocenters. The lowest BCUT2D eigenvalue weighted by molar-refractivity contribution is 0.275. The number of hydrogen-bond acceptors (Lipinski definition) is 6. The van der Waals surface area contributed by atoms with Gasteiger partial charge in [-0.1, -0.05) is 5.21 Å². The molecule has 17 heavy (non-hydrogen) atoms. The fraction of sp³-hybridized carbons (Fsp3) is 0.857. The first-order chi connectivity index (χ1) is 7.97. The van der Waals surface area contributed by atoms with Crippen molar-refractivity contribution in [3.8, 4) is 0 Å². The molecule has 0 amide bonds. The van der Waals surface area contributed by atoms with Crippen LogP contribution in [-0.2, 0) is 10.2 Å². The van der Waals surface area contributed by atoms with Gasteiger partial charge in [0.15, 0.2) is 5.82 Å². The monoisotopic (exact) mass is 264 g/mol. The minimum atomic E-state index is -3.61. The maximum absolute atomic E-state index is 11.8. The first-order valence-corrected chi connectivity index (χ1v) is 6.49. The predicted molar refractivity (Wildman–Crippen MR) is 59.0 cm³/mol. The van der Waals surface area contributed by atoms with E-state index in [9.17, 15) is 8.42 Å². The summed E-state index contributed by atoms with van der Waals surface area (Å²) in [4.78, 5) is 0. The van der Waals surface area contributed by atoms with E-state index in [-0.39, 0.29) is 19.0 Å². The average molecular weight is 264 g/mol. The van der Waals surface area contributed by atoms with E-state index in [1.54, 1.807) is 6.92 Å². The van der Waals surface area contributed by atoms with Crippen LogP contribution in [0.5, 0.6) is 0 Å². The largest absolute Gasteiger partial charge is 0.396 e. The Kier molecular flexibility index (Phi) is 4.93. The van der Waals surface area contributed by atoms with Gasteiger partial charge in [0.25, 0.3) is 10.2 Å². The summed E-state index contributed by atoms with van der Waals surface area (Å²) >= 11 is 0. The fourth-order valence-electron chi connectivity index (χ4n) is 1.13. The van der Waals surface area contributed by atoms with Crippen molar-refractivity contribution in [1.82, 2.24) is 29.7 Å². The van der Waals surface area contributed by atoms with E-state index in [1.807, 2.05) is 0 Å². The second kappa shape index (κ2) is 6.00. The Hall–Kier alpha value is -1.10. The van der Waals surface area contributed by atoms with Crippen LogP contribution in [0.2, 0.25) is 0 Å². The fourth-order valence-corrected chi connectivity index (χ4v) is 2.23. The van der Waals surface area contributed by atoms with Gasteiger partial charge in [0.2, 0.25) is 0 Å². The molecule has 0 spiro atoms. The van der Waals surface area contributed by atoms with Crippen LogP contribution in [-0.4, -0.2) is 58.7 Å². The highest BCUT2D eigenvalue weighted by molar-refractivity contribution is 7.87. The van der Waals surface area contributed by atoms with Crippen LogP contribution in [0.15, 0.2) is 0 Å². The summed E-state index contributed by atoms with van der Waals surface area (Å²) in [5.74, 6) is 0.268. The molecule has 0 saturated carbocycles. The van der Waals surface area contributed by atoms with E-state index in [4.69, 9.17) is 5.11 Å². The molecule has 1 aromatic heterocycles. The second-order valence-corrected chi connectivity index (χ2v) is 5.32. The maximum Gasteiger partial charge on any atom is 0.279 e. The van der Waals surface area contributed by atoms with Gasteiger partial charge in [-0.15, -0.1) is 10.2 Å². The Morgan fingerprint density at radius 2 is 2.29 bits per heavy atom. The lowest BCUT2D eigenvalue weighted by Crippen LogP contribution is -2.40. The van der Waals surface area contributed by atoms with Gasteiger partial charge in [-0.05, 0) is 13.3 Å². The third-order valence-corrected chi connectivity index (χ3v) is 3.77. The molecule has 1 rings (SSSR count). The summed E-state index contributed by atoms with van der Waals surface area (Å²) in [5.41, 5.74) is 0. The van der Waals surface area contributed by atoms with Crippen molar-refractivity contribution in [3.63, 3.8) is 0 Å². The quantitative estimate of drug-likeness (QED) is 0.545. The van der Waals surface area contributed by atoms with Crippen LogP contribution in [0.1, 0.15) is 25.2 Å². The normalized spacial score (nSPS) is 14.1. The van der Waals surface area contributed by atoms with Crippen molar-refractivity contribution in [3.05, 3.63) is 5.82 Å². The standard InChI is InChI=1S/C7H16N6O3S/c1-6(7-8-11-12-9-7)10-17(15,16)13(2)4-3-5-14/h6,10,14H,3-5H2,1-2H3,(H,8,9,11,12). The zero-order valence-electron chi connectivity index (χ0n) is 9.66. The molecule has 10 heteroatoms. The summed E-state index contributed by atoms with van der Waals surface area (Å²) < 4.78 is 27.1. The molecule has 1 heterocycles. The number of aromatic amines is 1. The van der Waals surface area contributed by atoms with Crippen LogP contribution in [0.3, 0.4) is 0 Å². The Labute approximate surface area is 99.4 Å². The average Bonchev–Trinajstić information content (AvgIpc) is 2.78. The van der Waals surface area contributed by atoms with Gasteiger partial charge in [-0.3, -0.25) is 0 Å². The number of H-pyrrole nitrogens is 1. The second-order valence-electron chi connectivity index (χ2n) is 3.51. The number of aromatic nitrogens is 4. The van der Waals surface area contributed by atoms with Gasteiger partial charge >= 0.3 is 0 Å². The van der Waals surface area contributed by atoms with Gasteiger partial charge in [-0.2, -0.15) is 22.7 Å². The Morgan fingerprint density at radius 1 is 1.59 bits per heavy atom. The Balaban J connectivity index is 2.60. The summed E-state index contributed by atoms with van der Waals surface area (Å²) in [6.07, 6.45) is 0.383. The third-order valence-electron chi connectivity index (χ3n) is 2.12. The summed E-state index contributed by atoms with van der Waals surface area (Å²) in [7, 11) is -2.18. The van der Waals surface area contributed by atoms with Crippen LogP contribution < -0.4 is 4.72 Å². The van der Waals surface area contributed by atoms with Crippen molar-refractivity contribution in [2.45, 2.75) is 19.4 Å². The molecule has 1 aromatic rings. The Bertz CT molecular complexity index is 419. The van der Waals surface area contributed by atoms with Gasteiger partial charge in [0.05, 0.1) is 6.04 Å². The number of nitrogens with one attached hydrogen (secondary N) is 2. The van der Waals surface area contributed by atoms with Crippen LogP contribution >= 0.6 is 0 Å². The van der Waals surface area contributed by atoms with E-state index in [1.165, 1.54) is 7.05 Å². The molecule has 0 aliphatic carbocycles. The minimum Gasteiger partial charge on any atom is -0.396 e. The maximum atomic E-state index is 11.8. The number of aliphatic hydroxyl groups excluding tert-OH is 1. The molecule has 0 aliphatic rings. The summed E-state index contributed by atoms with van der Waals surface area (Å²) in [5, 5.41) is 21.6. The number of rotatable bonds is 7. The van der Waals surface area contributed by atoms with Crippen LogP contribution in [0.25, 0.3) is 0 Å². The predicted octanol–water partition coefficient (Wildman–Crippen LogP) is -1.59. The minimum absolute atomic E-state index is 0.0553. The summed E-state index contributed by atoms with van der Waals surface area (Å²) in [6, 6.07) is -0.574. The first kappa shape index (κ1) is 14.0. The first-order valence-electron chi connectivity index (χ1n) is 5.05. The highest BCUT2D eigenvalue weighted by Crippen LogP contribution is 2.07. The molecule has 9 nitrogen and oxygen atoms in total. The molecule has 98 valence electrons. The van der Waals surface area contributed by atoms with E-state index in [0.29, 0.717) is 6.42 Å². The molecular formula is C7H16N6O3S. The highest BCUT2D eigenvalue weighted by atomic mass is 32.2. The number of hydrogen-bond donors (Lipinski definition) is 3. The Morgan fingerprint density at radius 3 is 2.82 bits per heavy atom. The van der Waals surface area contributed by atoms with E-state index in [2.05, 4.69) is 25.3 Å². The lowest BCUT2D eigenvalue weighted by atomic mass is 10.4. The smallest absolute Gasteiger partial charge is 0.279 e. The molecule has 0 fully saturated rings. The van der Waals surface area contributed by atoms with Crippen LogP contribution in [0, 0.1) is 0 Å². The van der Waals surface area contributed by atoms with Gasteiger partial charge in [-0.25, -0.2) is 0 Å². The molecule has 0 saturated heterocycles. The topological polar surface area (TPSA) is 124 Å². The molecule has 1 unspecified atom stereocenters. The van der Waals surface area contributed by atoms with Gasteiger partial charge < -0.3 is 5.11 Å². The van der Waals surface area contributed by atoms with E-state index >= 15 is 0 Å². The number of aliphatic hydroxyl groups is 1. The number of tetrazole rings is 1. The zero-order chi connectivity index (χ0) is 12.9. The van der Waals surface area contributed by atoms with Crippen molar-refractivity contribution < 1.29 is 13.5 Å². The van der Waals surface area contributed by atoms with E-state index in [0.717, 1.165) is 4.31 Å². The SMILES string of the molecule is CC(NS(=O)(=O)N(C)CCCO)c1nn[nH]n1. The van der Waals surface area contributed by atoms with Crippen molar-refractivity contribution >= 4 is 10.2 Å². The van der Waals surface area contributed by atoms with Crippen molar-refractivity contribution in [2.75, 3.05) is 20.2 Å². The molecule has 0 bridgehead atoms. The third kappa shape index (κ3) is 4.00. The van der Waals surface area contributed by atoms with Gasteiger partial charge in [0, 0.05) is 20.2 Å². The number of nitrogens with zero attached hydrogens (tertiary/aromatic N) is 4. The van der Waals surface area contributed by atoms with E-state index < -0.39 is 16.3 Å².